The summed E-state index contributed by atoms with van der Waals surface area (Å²) in [4.78, 5) is 35.1. The highest BCUT2D eigenvalue weighted by molar-refractivity contribution is 6.07. The molecule has 2 amide bonds. The number of nitrogens with one attached hydrogen (secondary N) is 1. The maximum absolute atomic E-state index is 13.3. The van der Waals surface area contributed by atoms with Crippen LogP contribution < -0.4 is 10.2 Å². The van der Waals surface area contributed by atoms with E-state index in [-0.39, 0.29) is 29.8 Å². The number of anilines is 1. The van der Waals surface area contributed by atoms with E-state index in [0.29, 0.717) is 24.3 Å². The number of pyridine rings is 1. The van der Waals surface area contributed by atoms with Crippen molar-refractivity contribution in [2.24, 2.45) is 0 Å². The van der Waals surface area contributed by atoms with Gasteiger partial charge in [0.25, 0.3) is 5.91 Å². The summed E-state index contributed by atoms with van der Waals surface area (Å²) in [5.41, 5.74) is 3.70. The predicted octanol–water partition coefficient (Wildman–Crippen LogP) is 3.70. The Bertz CT molecular complexity index is 1220. The van der Waals surface area contributed by atoms with Gasteiger partial charge >= 0.3 is 0 Å². The van der Waals surface area contributed by atoms with Gasteiger partial charge in [-0.15, -0.1) is 0 Å². The minimum Gasteiger partial charge on any atom is -0.368 e. The Labute approximate surface area is 207 Å². The lowest BCUT2D eigenvalue weighted by atomic mass is 10.0. The molecule has 1 saturated heterocycles. The van der Waals surface area contributed by atoms with E-state index < -0.39 is 0 Å². The van der Waals surface area contributed by atoms with E-state index in [1.54, 1.807) is 0 Å². The highest BCUT2D eigenvalue weighted by Crippen LogP contribution is 2.29. The summed E-state index contributed by atoms with van der Waals surface area (Å²) in [6.45, 7) is 15.0. The Morgan fingerprint density at radius 1 is 1.06 bits per heavy atom. The zero-order valence-electron chi connectivity index (χ0n) is 21.6. The van der Waals surface area contributed by atoms with Crippen LogP contribution in [0.25, 0.3) is 11.0 Å². The number of carbonyl (C=O) groups is 2. The standard InChI is InChI=1S/C27H36N6O2/c1-18(2)22-16-21(24-19(3)30-33(25(24)29-22)27(4,5)6)26(35)28-17-23(34)32-14-12-31(13-15-32)20-10-8-7-9-11-20/h7-11,16,18H,12-15,17H2,1-6H3,(H,28,35). The van der Waals surface area contributed by atoms with Gasteiger partial charge in [0.05, 0.1) is 28.7 Å². The van der Waals surface area contributed by atoms with Crippen molar-refractivity contribution in [1.82, 2.24) is 25.0 Å². The Balaban J connectivity index is 1.48. The zero-order chi connectivity index (χ0) is 25.3. The van der Waals surface area contributed by atoms with Crippen LogP contribution in [0, 0.1) is 6.92 Å². The summed E-state index contributed by atoms with van der Waals surface area (Å²) in [7, 11) is 0. The SMILES string of the molecule is Cc1nn(C(C)(C)C)c2nc(C(C)C)cc(C(=O)NCC(=O)N3CCN(c4ccccc4)CC3)c12. The van der Waals surface area contributed by atoms with Gasteiger partial charge < -0.3 is 15.1 Å². The number of nitrogens with zero attached hydrogens (tertiary/aromatic N) is 5. The molecular formula is C27H36N6O2. The van der Waals surface area contributed by atoms with Crippen molar-refractivity contribution in [3.8, 4) is 0 Å². The smallest absolute Gasteiger partial charge is 0.252 e. The number of aromatic nitrogens is 3. The summed E-state index contributed by atoms with van der Waals surface area (Å²) < 4.78 is 1.89. The number of fused-ring (bicyclic) bond motifs is 1. The van der Waals surface area contributed by atoms with E-state index >= 15 is 0 Å². The molecule has 0 aliphatic carbocycles. The molecule has 0 unspecified atom stereocenters. The molecule has 0 radical (unpaired) electrons. The lowest BCUT2D eigenvalue weighted by Crippen LogP contribution is -2.51. The first-order valence-electron chi connectivity index (χ1n) is 12.3. The molecule has 1 aliphatic rings. The van der Waals surface area contributed by atoms with Crippen LogP contribution in [0.5, 0.6) is 0 Å². The molecule has 1 fully saturated rings. The average Bonchev–Trinajstić information content (AvgIpc) is 3.19. The molecule has 35 heavy (non-hydrogen) atoms. The number of carbonyl (C=O) groups excluding carboxylic acids is 2. The van der Waals surface area contributed by atoms with Crippen LogP contribution >= 0.6 is 0 Å². The molecule has 2 aromatic heterocycles. The average molecular weight is 477 g/mol. The number of rotatable bonds is 5. The van der Waals surface area contributed by atoms with Crippen LogP contribution in [-0.4, -0.2) is 64.2 Å². The number of hydrogen-bond acceptors (Lipinski definition) is 5. The summed E-state index contributed by atoms with van der Waals surface area (Å²) in [6, 6.07) is 12.1. The Morgan fingerprint density at radius 3 is 2.31 bits per heavy atom. The third-order valence-electron chi connectivity index (χ3n) is 6.46. The van der Waals surface area contributed by atoms with Crippen molar-refractivity contribution >= 4 is 28.5 Å². The van der Waals surface area contributed by atoms with E-state index in [2.05, 4.69) is 57.0 Å². The van der Waals surface area contributed by atoms with Crippen molar-refractivity contribution in [2.75, 3.05) is 37.6 Å². The number of para-hydroxylation sites is 1. The summed E-state index contributed by atoms with van der Waals surface area (Å²) >= 11 is 0. The first-order valence-corrected chi connectivity index (χ1v) is 12.3. The fourth-order valence-corrected chi connectivity index (χ4v) is 4.47. The molecule has 1 aromatic carbocycles. The van der Waals surface area contributed by atoms with Crippen LogP contribution in [0.3, 0.4) is 0 Å². The molecule has 1 N–H and O–H groups in total. The fraction of sp³-hybridized carbons (Fsp3) is 0.481. The summed E-state index contributed by atoms with van der Waals surface area (Å²) in [5.74, 6) is -0.188. The lowest BCUT2D eigenvalue weighted by molar-refractivity contribution is -0.130. The lowest BCUT2D eigenvalue weighted by Gasteiger charge is -2.36. The Kier molecular flexibility index (Phi) is 6.83. The predicted molar refractivity (Wildman–Crippen MR) is 139 cm³/mol. The van der Waals surface area contributed by atoms with Gasteiger partial charge in [0.1, 0.15) is 0 Å². The van der Waals surface area contributed by atoms with Gasteiger partial charge in [-0.2, -0.15) is 5.10 Å². The zero-order valence-corrected chi connectivity index (χ0v) is 21.6. The molecule has 4 rings (SSSR count). The normalized spacial score (nSPS) is 14.6. The maximum atomic E-state index is 13.3. The van der Waals surface area contributed by atoms with E-state index in [0.717, 1.165) is 29.9 Å². The first kappa shape index (κ1) is 24.7. The summed E-state index contributed by atoms with van der Waals surface area (Å²) in [5, 5.41) is 8.30. The molecule has 0 bridgehead atoms. The largest absolute Gasteiger partial charge is 0.368 e. The van der Waals surface area contributed by atoms with Gasteiger partial charge in [0.2, 0.25) is 5.91 Å². The van der Waals surface area contributed by atoms with Crippen LogP contribution in [0.4, 0.5) is 5.69 Å². The van der Waals surface area contributed by atoms with Gasteiger partial charge in [0, 0.05) is 37.6 Å². The highest BCUT2D eigenvalue weighted by Gasteiger charge is 2.26. The molecule has 0 atom stereocenters. The van der Waals surface area contributed by atoms with E-state index in [9.17, 15) is 9.59 Å². The molecule has 0 saturated carbocycles. The molecule has 8 heteroatoms. The number of piperazine rings is 1. The van der Waals surface area contributed by atoms with Gasteiger partial charge in [-0.3, -0.25) is 9.59 Å². The molecule has 3 aromatic rings. The molecule has 186 valence electrons. The number of aryl methyl sites for hydroxylation is 1. The first-order chi connectivity index (χ1) is 16.6. The van der Waals surface area contributed by atoms with Gasteiger partial charge in [-0.25, -0.2) is 9.67 Å². The van der Waals surface area contributed by atoms with Gasteiger partial charge in [-0.1, -0.05) is 32.0 Å². The maximum Gasteiger partial charge on any atom is 0.252 e. The molecule has 8 nitrogen and oxygen atoms in total. The molecule has 1 aliphatic heterocycles. The second-order valence-electron chi connectivity index (χ2n) is 10.5. The quantitative estimate of drug-likeness (QED) is 0.607. The van der Waals surface area contributed by atoms with Crippen LogP contribution in [0.2, 0.25) is 0 Å². The highest BCUT2D eigenvalue weighted by atomic mass is 16.2. The number of benzene rings is 1. The van der Waals surface area contributed by atoms with Crippen molar-refractivity contribution < 1.29 is 9.59 Å². The van der Waals surface area contributed by atoms with Gasteiger partial charge in [-0.05, 0) is 51.8 Å². The summed E-state index contributed by atoms with van der Waals surface area (Å²) in [6.07, 6.45) is 0. The fourth-order valence-electron chi connectivity index (χ4n) is 4.47. The Morgan fingerprint density at radius 2 is 1.71 bits per heavy atom. The van der Waals surface area contributed by atoms with Crippen LogP contribution in [0.15, 0.2) is 36.4 Å². The number of hydrogen-bond donors (Lipinski definition) is 1. The van der Waals surface area contributed by atoms with E-state index in [1.165, 1.54) is 5.69 Å². The van der Waals surface area contributed by atoms with E-state index in [1.807, 2.05) is 40.8 Å². The topological polar surface area (TPSA) is 83.4 Å². The second-order valence-corrected chi connectivity index (χ2v) is 10.5. The third kappa shape index (κ3) is 5.16. The van der Waals surface area contributed by atoms with Crippen LogP contribution in [-0.2, 0) is 10.3 Å². The molecule has 0 spiro atoms. The molecule has 3 heterocycles. The van der Waals surface area contributed by atoms with Crippen molar-refractivity contribution in [1.29, 1.82) is 0 Å². The van der Waals surface area contributed by atoms with Crippen molar-refractivity contribution in [3.05, 3.63) is 53.3 Å². The van der Waals surface area contributed by atoms with Crippen molar-refractivity contribution in [3.63, 3.8) is 0 Å². The number of amides is 2. The minimum absolute atomic E-state index is 0.0303. The van der Waals surface area contributed by atoms with E-state index in [4.69, 9.17) is 10.1 Å². The van der Waals surface area contributed by atoms with Crippen LogP contribution in [0.1, 0.15) is 62.3 Å². The Hall–Kier alpha value is -3.42. The third-order valence-corrected chi connectivity index (χ3v) is 6.46. The molecular weight excluding hydrogens is 440 g/mol. The monoisotopic (exact) mass is 476 g/mol. The second kappa shape index (κ2) is 9.68. The van der Waals surface area contributed by atoms with Gasteiger partial charge in [0.15, 0.2) is 5.65 Å². The van der Waals surface area contributed by atoms with Crippen molar-refractivity contribution in [2.45, 2.75) is 53.0 Å². The minimum atomic E-state index is -0.277.